The van der Waals surface area contributed by atoms with Gasteiger partial charge in [0, 0.05) is 0 Å². The lowest BCUT2D eigenvalue weighted by Gasteiger charge is -2.12. The van der Waals surface area contributed by atoms with Crippen molar-refractivity contribution in [2.45, 2.75) is 65.9 Å². The largest absolute Gasteiger partial charge is 0.393 e. The van der Waals surface area contributed by atoms with Gasteiger partial charge in [0.1, 0.15) is 0 Å². The zero-order valence-electron chi connectivity index (χ0n) is 10.2. The van der Waals surface area contributed by atoms with E-state index in [-0.39, 0.29) is 6.10 Å². The van der Waals surface area contributed by atoms with E-state index in [0.29, 0.717) is 11.3 Å². The van der Waals surface area contributed by atoms with Crippen LogP contribution in [0.15, 0.2) is 0 Å². The molecule has 0 radical (unpaired) electrons. The van der Waals surface area contributed by atoms with Crippen molar-refractivity contribution >= 4 is 0 Å². The fourth-order valence-corrected chi connectivity index (χ4v) is 2.27. The van der Waals surface area contributed by atoms with E-state index in [1.54, 1.807) is 0 Å². The summed E-state index contributed by atoms with van der Waals surface area (Å²) in [4.78, 5) is 0. The first kappa shape index (κ1) is 12.0. The quantitative estimate of drug-likeness (QED) is 0.646. The first-order chi connectivity index (χ1) is 6.43. The molecule has 1 fully saturated rings. The third-order valence-corrected chi connectivity index (χ3v) is 3.59. The first-order valence-electron chi connectivity index (χ1n) is 6.11. The molecule has 2 atom stereocenters. The molecule has 0 bridgehead atoms. The van der Waals surface area contributed by atoms with Crippen LogP contribution in [0.4, 0.5) is 0 Å². The van der Waals surface area contributed by atoms with Crippen LogP contribution in [0.5, 0.6) is 0 Å². The maximum Gasteiger partial charge on any atom is 0.0573 e. The summed E-state index contributed by atoms with van der Waals surface area (Å²) in [6, 6.07) is 0. The topological polar surface area (TPSA) is 20.2 Å². The molecule has 1 saturated carbocycles. The summed E-state index contributed by atoms with van der Waals surface area (Å²) in [6.45, 7) is 9.05. The van der Waals surface area contributed by atoms with Gasteiger partial charge in [-0.2, -0.15) is 0 Å². The summed E-state index contributed by atoms with van der Waals surface area (Å²) >= 11 is 0. The van der Waals surface area contributed by atoms with Crippen molar-refractivity contribution in [3.05, 3.63) is 0 Å². The summed E-state index contributed by atoms with van der Waals surface area (Å²) in [5.74, 6) is 1.39. The van der Waals surface area contributed by atoms with Crippen molar-refractivity contribution in [2.24, 2.45) is 17.3 Å². The van der Waals surface area contributed by atoms with Gasteiger partial charge in [0.05, 0.1) is 6.10 Å². The van der Waals surface area contributed by atoms with E-state index in [2.05, 4.69) is 27.7 Å². The second kappa shape index (κ2) is 4.65. The minimum atomic E-state index is -0.0304. The summed E-state index contributed by atoms with van der Waals surface area (Å²) in [6.07, 6.45) is 5.99. The molecule has 0 aliphatic heterocycles. The highest BCUT2D eigenvalue weighted by molar-refractivity contribution is 4.98. The molecule has 84 valence electrons. The minimum Gasteiger partial charge on any atom is -0.393 e. The van der Waals surface area contributed by atoms with Crippen LogP contribution in [-0.2, 0) is 0 Å². The second-order valence-corrected chi connectivity index (χ2v) is 6.04. The molecule has 14 heavy (non-hydrogen) atoms. The number of rotatable bonds is 6. The Balaban J connectivity index is 2.02. The Labute approximate surface area is 88.9 Å². The highest BCUT2D eigenvalue weighted by Gasteiger charge is 2.49. The molecule has 0 saturated heterocycles. The normalized spacial score (nSPS) is 26.6. The van der Waals surface area contributed by atoms with Gasteiger partial charge in [-0.3, -0.25) is 0 Å². The molecule has 1 aliphatic rings. The van der Waals surface area contributed by atoms with E-state index in [1.165, 1.54) is 25.7 Å². The highest BCUT2D eigenvalue weighted by Crippen LogP contribution is 2.54. The molecule has 0 spiro atoms. The van der Waals surface area contributed by atoms with Gasteiger partial charge in [0.25, 0.3) is 0 Å². The Bertz CT molecular complexity index is 172. The molecule has 0 aromatic carbocycles. The van der Waals surface area contributed by atoms with Crippen LogP contribution in [0.1, 0.15) is 59.8 Å². The van der Waals surface area contributed by atoms with Crippen LogP contribution >= 0.6 is 0 Å². The van der Waals surface area contributed by atoms with Gasteiger partial charge in [-0.1, -0.05) is 47.0 Å². The van der Waals surface area contributed by atoms with Crippen molar-refractivity contribution in [3.8, 4) is 0 Å². The lowest BCUT2D eigenvalue weighted by atomic mass is 9.99. The maximum atomic E-state index is 9.89. The number of hydrogen-bond acceptors (Lipinski definition) is 1. The van der Waals surface area contributed by atoms with Gasteiger partial charge in [-0.05, 0) is 30.1 Å². The Kier molecular flexibility index (Phi) is 4.00. The smallest absolute Gasteiger partial charge is 0.0573 e. The Morgan fingerprint density at radius 2 is 1.71 bits per heavy atom. The van der Waals surface area contributed by atoms with E-state index in [0.717, 1.165) is 12.3 Å². The summed E-state index contributed by atoms with van der Waals surface area (Å²) in [5.41, 5.74) is 0.428. The van der Waals surface area contributed by atoms with Gasteiger partial charge in [0.15, 0.2) is 0 Å². The summed E-state index contributed by atoms with van der Waals surface area (Å²) in [7, 11) is 0. The fraction of sp³-hybridized carbons (Fsp3) is 1.00. The summed E-state index contributed by atoms with van der Waals surface area (Å²) < 4.78 is 0. The van der Waals surface area contributed by atoms with Crippen molar-refractivity contribution in [1.82, 2.24) is 0 Å². The van der Waals surface area contributed by atoms with Gasteiger partial charge in [-0.15, -0.1) is 0 Å². The van der Waals surface area contributed by atoms with Crippen molar-refractivity contribution in [2.75, 3.05) is 0 Å². The van der Waals surface area contributed by atoms with Crippen LogP contribution in [0.25, 0.3) is 0 Å². The van der Waals surface area contributed by atoms with Crippen molar-refractivity contribution in [3.63, 3.8) is 0 Å². The average molecular weight is 198 g/mol. The molecule has 0 amide bonds. The molecular weight excluding hydrogens is 172 g/mol. The molecule has 1 N–H and O–H groups in total. The SMILES string of the molecule is CC(C)CCCC[C@H](O)[C@H]1CC1(C)C. The maximum absolute atomic E-state index is 9.89. The molecule has 0 aromatic heterocycles. The fourth-order valence-electron chi connectivity index (χ4n) is 2.27. The monoisotopic (exact) mass is 198 g/mol. The van der Waals surface area contributed by atoms with Crippen LogP contribution in [0.2, 0.25) is 0 Å². The zero-order valence-corrected chi connectivity index (χ0v) is 10.2. The molecule has 1 nitrogen and oxygen atoms in total. The van der Waals surface area contributed by atoms with Crippen LogP contribution in [-0.4, -0.2) is 11.2 Å². The second-order valence-electron chi connectivity index (χ2n) is 6.04. The molecular formula is C13H26O. The highest BCUT2D eigenvalue weighted by atomic mass is 16.3. The minimum absolute atomic E-state index is 0.0304. The Morgan fingerprint density at radius 1 is 1.21 bits per heavy atom. The standard InChI is InChI=1S/C13H26O/c1-10(2)7-5-6-8-12(14)11-9-13(11,3)4/h10-12,14H,5-9H2,1-4H3/t11-,12+/m1/s1. The van der Waals surface area contributed by atoms with Gasteiger partial charge in [0.2, 0.25) is 0 Å². The van der Waals surface area contributed by atoms with Crippen LogP contribution < -0.4 is 0 Å². The van der Waals surface area contributed by atoms with E-state index in [9.17, 15) is 5.11 Å². The van der Waals surface area contributed by atoms with Crippen molar-refractivity contribution < 1.29 is 5.11 Å². The van der Waals surface area contributed by atoms with Gasteiger partial charge < -0.3 is 5.11 Å². The molecule has 0 unspecified atom stereocenters. The third-order valence-electron chi connectivity index (χ3n) is 3.59. The third kappa shape index (κ3) is 3.61. The Hall–Kier alpha value is -0.0400. The van der Waals surface area contributed by atoms with E-state index in [1.807, 2.05) is 0 Å². The number of aliphatic hydroxyl groups excluding tert-OH is 1. The molecule has 1 rings (SSSR count). The summed E-state index contributed by atoms with van der Waals surface area (Å²) in [5, 5.41) is 9.89. The van der Waals surface area contributed by atoms with E-state index in [4.69, 9.17) is 0 Å². The van der Waals surface area contributed by atoms with Gasteiger partial charge >= 0.3 is 0 Å². The predicted molar refractivity (Wildman–Crippen MR) is 61.2 cm³/mol. The zero-order chi connectivity index (χ0) is 10.8. The van der Waals surface area contributed by atoms with Crippen LogP contribution in [0.3, 0.4) is 0 Å². The first-order valence-corrected chi connectivity index (χ1v) is 6.11. The lowest BCUT2D eigenvalue weighted by Crippen LogP contribution is -2.12. The number of unbranched alkanes of at least 4 members (excludes halogenated alkanes) is 1. The van der Waals surface area contributed by atoms with Crippen LogP contribution in [0, 0.1) is 17.3 Å². The molecule has 1 aliphatic carbocycles. The predicted octanol–water partition coefficient (Wildman–Crippen LogP) is 3.61. The lowest BCUT2D eigenvalue weighted by molar-refractivity contribution is 0.123. The number of aliphatic hydroxyl groups is 1. The molecule has 1 heteroatoms. The molecule has 0 aromatic rings. The van der Waals surface area contributed by atoms with E-state index >= 15 is 0 Å². The Morgan fingerprint density at radius 3 is 2.14 bits per heavy atom. The number of hydrogen-bond donors (Lipinski definition) is 1. The average Bonchev–Trinajstić information content (AvgIpc) is 2.68. The molecule has 0 heterocycles. The van der Waals surface area contributed by atoms with E-state index < -0.39 is 0 Å². The van der Waals surface area contributed by atoms with Crippen molar-refractivity contribution in [1.29, 1.82) is 0 Å². The van der Waals surface area contributed by atoms with Gasteiger partial charge in [-0.25, -0.2) is 0 Å².